The van der Waals surface area contributed by atoms with Gasteiger partial charge >= 0.3 is 0 Å². The smallest absolute Gasteiger partial charge is 0.138 e. The van der Waals surface area contributed by atoms with Gasteiger partial charge in [0.25, 0.3) is 0 Å². The summed E-state index contributed by atoms with van der Waals surface area (Å²) in [5.41, 5.74) is 0.322. The second kappa shape index (κ2) is 6.04. The highest BCUT2D eigenvalue weighted by atomic mass is 15.3. The fourth-order valence-electron chi connectivity index (χ4n) is 2.63. The van der Waals surface area contributed by atoms with Crippen molar-refractivity contribution >= 4 is 0 Å². The molecule has 4 heteroatoms. The van der Waals surface area contributed by atoms with Crippen molar-refractivity contribution in [2.45, 2.75) is 71.9 Å². The van der Waals surface area contributed by atoms with E-state index < -0.39 is 0 Å². The molecule has 1 fully saturated rings. The van der Waals surface area contributed by atoms with Gasteiger partial charge in [-0.2, -0.15) is 5.10 Å². The zero-order chi connectivity index (χ0) is 13.9. The van der Waals surface area contributed by atoms with E-state index in [0.29, 0.717) is 11.5 Å². The summed E-state index contributed by atoms with van der Waals surface area (Å²) >= 11 is 0. The lowest BCUT2D eigenvalue weighted by atomic mass is 9.78. The molecule has 0 saturated heterocycles. The molecule has 1 N–H and O–H groups in total. The van der Waals surface area contributed by atoms with Gasteiger partial charge in [0, 0.05) is 25.0 Å². The van der Waals surface area contributed by atoms with Gasteiger partial charge in [-0.3, -0.25) is 0 Å². The summed E-state index contributed by atoms with van der Waals surface area (Å²) < 4.78 is 2.07. The monoisotopic (exact) mass is 264 g/mol. The van der Waals surface area contributed by atoms with Crippen molar-refractivity contribution in [3.8, 4) is 0 Å². The summed E-state index contributed by atoms with van der Waals surface area (Å²) in [6.07, 6.45) is 7.80. The van der Waals surface area contributed by atoms with Crippen LogP contribution in [0.5, 0.6) is 0 Å². The highest BCUT2D eigenvalue weighted by Crippen LogP contribution is 2.31. The molecule has 1 aromatic heterocycles. The zero-order valence-corrected chi connectivity index (χ0v) is 12.8. The van der Waals surface area contributed by atoms with Gasteiger partial charge in [-0.1, -0.05) is 13.8 Å². The lowest BCUT2D eigenvalue weighted by molar-refractivity contribution is 0.235. The lowest BCUT2D eigenvalue weighted by Crippen LogP contribution is -2.37. The van der Waals surface area contributed by atoms with Crippen molar-refractivity contribution in [1.82, 2.24) is 20.1 Å². The van der Waals surface area contributed by atoms with Crippen molar-refractivity contribution in [2.24, 2.45) is 5.41 Å². The minimum Gasteiger partial charge on any atom is -0.313 e. The van der Waals surface area contributed by atoms with Crippen molar-refractivity contribution in [1.29, 1.82) is 0 Å². The van der Waals surface area contributed by atoms with Crippen LogP contribution in [0.3, 0.4) is 0 Å². The highest BCUT2D eigenvalue weighted by Gasteiger charge is 2.31. The molecule has 0 unspecified atom stereocenters. The highest BCUT2D eigenvalue weighted by molar-refractivity contribution is 4.96. The SMILES string of the molecule is CCC(CC)(CNC1CC1)Cc1ncnn1C(C)C. The molecule has 0 radical (unpaired) electrons. The molecule has 0 bridgehead atoms. The second-order valence-electron chi connectivity index (χ2n) is 6.25. The van der Waals surface area contributed by atoms with Gasteiger partial charge in [-0.25, -0.2) is 9.67 Å². The molecule has 1 aromatic rings. The number of nitrogens with zero attached hydrogens (tertiary/aromatic N) is 3. The molecule has 0 amide bonds. The number of nitrogens with one attached hydrogen (secondary N) is 1. The molecule has 0 spiro atoms. The topological polar surface area (TPSA) is 42.7 Å². The molecular formula is C15H28N4. The number of rotatable bonds is 8. The fraction of sp³-hybridized carbons (Fsp3) is 0.867. The fourth-order valence-corrected chi connectivity index (χ4v) is 2.63. The maximum absolute atomic E-state index is 4.48. The predicted octanol–water partition coefficient (Wildman–Crippen LogP) is 2.96. The first kappa shape index (κ1) is 14.5. The van der Waals surface area contributed by atoms with Crippen molar-refractivity contribution in [3.63, 3.8) is 0 Å². The van der Waals surface area contributed by atoms with Crippen molar-refractivity contribution in [3.05, 3.63) is 12.2 Å². The Morgan fingerprint density at radius 3 is 2.58 bits per heavy atom. The van der Waals surface area contributed by atoms with E-state index in [4.69, 9.17) is 0 Å². The van der Waals surface area contributed by atoms with E-state index in [1.165, 1.54) is 25.7 Å². The van der Waals surface area contributed by atoms with Gasteiger partial charge in [0.2, 0.25) is 0 Å². The molecule has 1 saturated carbocycles. The summed E-state index contributed by atoms with van der Waals surface area (Å²) in [4.78, 5) is 4.48. The third-order valence-electron chi connectivity index (χ3n) is 4.51. The van der Waals surface area contributed by atoms with Gasteiger partial charge in [0.15, 0.2) is 0 Å². The predicted molar refractivity (Wildman–Crippen MR) is 78.2 cm³/mol. The van der Waals surface area contributed by atoms with Crippen LogP contribution in [-0.4, -0.2) is 27.4 Å². The number of hydrogen-bond acceptors (Lipinski definition) is 3. The van der Waals surface area contributed by atoms with Crippen LogP contribution >= 0.6 is 0 Å². The Labute approximate surface area is 117 Å². The number of hydrogen-bond donors (Lipinski definition) is 1. The van der Waals surface area contributed by atoms with Gasteiger partial charge in [-0.05, 0) is 44.9 Å². The van der Waals surface area contributed by atoms with E-state index >= 15 is 0 Å². The van der Waals surface area contributed by atoms with Crippen LogP contribution in [0.15, 0.2) is 6.33 Å². The lowest BCUT2D eigenvalue weighted by Gasteiger charge is -2.32. The van der Waals surface area contributed by atoms with Crippen LogP contribution in [-0.2, 0) is 6.42 Å². The third-order valence-corrected chi connectivity index (χ3v) is 4.51. The summed E-state index contributed by atoms with van der Waals surface area (Å²) in [6, 6.07) is 1.17. The van der Waals surface area contributed by atoms with Crippen molar-refractivity contribution < 1.29 is 0 Å². The van der Waals surface area contributed by atoms with E-state index in [0.717, 1.165) is 24.8 Å². The molecule has 1 heterocycles. The molecule has 108 valence electrons. The molecule has 2 rings (SSSR count). The van der Waals surface area contributed by atoms with Crippen molar-refractivity contribution in [2.75, 3.05) is 6.54 Å². The number of aromatic nitrogens is 3. The molecule has 0 atom stereocenters. The van der Waals surface area contributed by atoms with Crippen LogP contribution in [0, 0.1) is 5.41 Å². The average Bonchev–Trinajstić information content (AvgIpc) is 3.12. The minimum absolute atomic E-state index is 0.322. The Morgan fingerprint density at radius 1 is 1.37 bits per heavy atom. The van der Waals surface area contributed by atoms with E-state index in [1.54, 1.807) is 6.33 Å². The van der Waals surface area contributed by atoms with E-state index in [2.05, 4.69) is 47.8 Å². The van der Waals surface area contributed by atoms with Crippen LogP contribution in [0.4, 0.5) is 0 Å². The Kier molecular flexibility index (Phi) is 4.61. The van der Waals surface area contributed by atoms with Gasteiger partial charge in [0.05, 0.1) is 0 Å². The standard InChI is InChI=1S/C15H28N4/c1-5-15(6-2,10-16-13-7-8-13)9-14-17-11-18-19(14)12(3)4/h11-13,16H,5-10H2,1-4H3. The molecule has 1 aliphatic carbocycles. The van der Waals surface area contributed by atoms with Crippen LogP contribution in [0.1, 0.15) is 65.2 Å². The summed E-state index contributed by atoms with van der Waals surface area (Å²) in [5.74, 6) is 1.14. The van der Waals surface area contributed by atoms with E-state index in [9.17, 15) is 0 Å². The molecule has 0 aliphatic heterocycles. The second-order valence-corrected chi connectivity index (χ2v) is 6.25. The Hall–Kier alpha value is -0.900. The van der Waals surface area contributed by atoms with Gasteiger partial charge in [-0.15, -0.1) is 0 Å². The summed E-state index contributed by atoms with van der Waals surface area (Å²) in [5, 5.41) is 8.06. The quantitative estimate of drug-likeness (QED) is 0.785. The van der Waals surface area contributed by atoms with Crippen LogP contribution < -0.4 is 5.32 Å². The van der Waals surface area contributed by atoms with Gasteiger partial charge < -0.3 is 5.32 Å². The average molecular weight is 264 g/mol. The van der Waals surface area contributed by atoms with Crippen LogP contribution in [0.25, 0.3) is 0 Å². The molecule has 0 aromatic carbocycles. The first-order valence-corrected chi connectivity index (χ1v) is 7.72. The van der Waals surface area contributed by atoms with Gasteiger partial charge in [0.1, 0.15) is 12.2 Å². The van der Waals surface area contributed by atoms with E-state index in [-0.39, 0.29) is 0 Å². The molecule has 4 nitrogen and oxygen atoms in total. The third kappa shape index (κ3) is 3.56. The summed E-state index contributed by atoms with van der Waals surface area (Å²) in [6.45, 7) is 10.0. The molecular weight excluding hydrogens is 236 g/mol. The first-order valence-electron chi connectivity index (χ1n) is 7.72. The summed E-state index contributed by atoms with van der Waals surface area (Å²) in [7, 11) is 0. The van der Waals surface area contributed by atoms with Crippen LogP contribution in [0.2, 0.25) is 0 Å². The Balaban J connectivity index is 2.07. The Morgan fingerprint density at radius 2 is 2.05 bits per heavy atom. The largest absolute Gasteiger partial charge is 0.313 e. The Bertz CT molecular complexity index is 389. The first-order chi connectivity index (χ1) is 9.10. The maximum atomic E-state index is 4.48. The maximum Gasteiger partial charge on any atom is 0.138 e. The molecule has 1 aliphatic rings. The normalized spacial score (nSPS) is 16.3. The zero-order valence-electron chi connectivity index (χ0n) is 12.8. The minimum atomic E-state index is 0.322. The van der Waals surface area contributed by atoms with E-state index in [1.807, 2.05) is 0 Å². The molecule has 19 heavy (non-hydrogen) atoms.